The van der Waals surface area contributed by atoms with Gasteiger partial charge in [0.25, 0.3) is 0 Å². The van der Waals surface area contributed by atoms with Crippen molar-refractivity contribution in [2.45, 2.75) is 46.5 Å². The lowest BCUT2D eigenvalue weighted by atomic mass is 10.0. The Balaban J connectivity index is 3.18. The van der Waals surface area contributed by atoms with Crippen LogP contribution in [0.15, 0.2) is 0 Å². The van der Waals surface area contributed by atoms with Crippen LogP contribution in [0.25, 0.3) is 0 Å². The maximum atomic E-state index is 2.39. The van der Waals surface area contributed by atoms with Crippen LogP contribution in [-0.4, -0.2) is 25.0 Å². The summed E-state index contributed by atoms with van der Waals surface area (Å²) in [5.74, 6) is 0.931. The van der Waals surface area contributed by atoms with Gasteiger partial charge in [-0.05, 0) is 38.9 Å². The van der Waals surface area contributed by atoms with Gasteiger partial charge in [0.1, 0.15) is 0 Å². The first-order chi connectivity index (χ1) is 5.70. The van der Waals surface area contributed by atoms with Gasteiger partial charge in [-0.15, -0.1) is 0 Å². The van der Waals surface area contributed by atoms with Crippen LogP contribution in [0.4, 0.5) is 0 Å². The van der Waals surface area contributed by atoms with Crippen molar-refractivity contribution in [3.63, 3.8) is 0 Å². The molecule has 1 heteroatoms. The first-order valence-electron chi connectivity index (χ1n) is 5.39. The summed E-state index contributed by atoms with van der Waals surface area (Å²) in [5, 5.41) is 0. The Morgan fingerprint density at radius 1 is 1.17 bits per heavy atom. The van der Waals surface area contributed by atoms with Gasteiger partial charge in [0, 0.05) is 0 Å². The van der Waals surface area contributed by atoms with E-state index in [0.717, 1.165) is 5.92 Å². The first kappa shape index (κ1) is 12.0. The van der Waals surface area contributed by atoms with Gasteiger partial charge in [-0.3, -0.25) is 0 Å². The maximum Gasteiger partial charge on any atom is -0.00218 e. The third-order valence-electron chi connectivity index (χ3n) is 2.56. The fourth-order valence-corrected chi connectivity index (χ4v) is 1.50. The minimum absolute atomic E-state index is 0.931. The average Bonchev–Trinajstić information content (AvgIpc) is 2.04. The zero-order valence-electron chi connectivity index (χ0n) is 9.27. The Bertz CT molecular complexity index is 91.0. The van der Waals surface area contributed by atoms with E-state index in [1.165, 1.54) is 38.8 Å². The second kappa shape index (κ2) is 7.60. The van der Waals surface area contributed by atoms with Gasteiger partial charge in [0.15, 0.2) is 0 Å². The highest BCUT2D eigenvalue weighted by Crippen LogP contribution is 2.11. The Morgan fingerprint density at radius 3 is 2.33 bits per heavy atom. The van der Waals surface area contributed by atoms with Crippen molar-refractivity contribution in [2.75, 3.05) is 20.1 Å². The minimum atomic E-state index is 0.931. The summed E-state index contributed by atoms with van der Waals surface area (Å²) in [7, 11) is 2.20. The summed E-state index contributed by atoms with van der Waals surface area (Å²) in [6.45, 7) is 9.31. The average molecular weight is 171 g/mol. The second-order valence-corrected chi connectivity index (χ2v) is 3.93. The molecule has 0 aromatic carbocycles. The zero-order chi connectivity index (χ0) is 9.40. The number of rotatable bonds is 7. The molecule has 0 saturated carbocycles. The van der Waals surface area contributed by atoms with E-state index in [1.807, 2.05) is 0 Å². The highest BCUT2D eigenvalue weighted by Gasteiger charge is 2.00. The summed E-state index contributed by atoms with van der Waals surface area (Å²) in [6, 6.07) is 0. The van der Waals surface area contributed by atoms with Gasteiger partial charge in [-0.25, -0.2) is 0 Å². The molecule has 0 rings (SSSR count). The van der Waals surface area contributed by atoms with E-state index in [4.69, 9.17) is 0 Å². The largest absolute Gasteiger partial charge is 0.307 e. The third-order valence-corrected chi connectivity index (χ3v) is 2.56. The highest BCUT2D eigenvalue weighted by molar-refractivity contribution is 4.55. The fraction of sp³-hybridized carbons (Fsp3) is 1.00. The standard InChI is InChI=1S/C11H25N/c1-5-8-11(3)9-7-10-12(4)6-2/h11H,5-10H2,1-4H3. The highest BCUT2D eigenvalue weighted by atomic mass is 15.1. The first-order valence-corrected chi connectivity index (χ1v) is 5.39. The van der Waals surface area contributed by atoms with E-state index in [0.29, 0.717) is 0 Å². The Kier molecular flexibility index (Phi) is 7.58. The van der Waals surface area contributed by atoms with Gasteiger partial charge in [-0.2, -0.15) is 0 Å². The van der Waals surface area contributed by atoms with Crippen molar-refractivity contribution in [3.05, 3.63) is 0 Å². The molecule has 1 atom stereocenters. The maximum absolute atomic E-state index is 2.39. The molecule has 12 heavy (non-hydrogen) atoms. The predicted molar refractivity (Wildman–Crippen MR) is 56.5 cm³/mol. The molecular formula is C11H25N. The van der Waals surface area contributed by atoms with Crippen molar-refractivity contribution in [3.8, 4) is 0 Å². The normalized spacial score (nSPS) is 13.8. The molecule has 0 N–H and O–H groups in total. The van der Waals surface area contributed by atoms with E-state index in [1.54, 1.807) is 0 Å². The lowest BCUT2D eigenvalue weighted by Crippen LogP contribution is -2.19. The molecule has 0 aliphatic heterocycles. The van der Waals surface area contributed by atoms with Gasteiger partial charge in [0.2, 0.25) is 0 Å². The Hall–Kier alpha value is -0.0400. The van der Waals surface area contributed by atoms with Crippen molar-refractivity contribution in [1.82, 2.24) is 4.90 Å². The number of hydrogen-bond acceptors (Lipinski definition) is 1. The van der Waals surface area contributed by atoms with Gasteiger partial charge < -0.3 is 4.90 Å². The third kappa shape index (κ3) is 6.66. The molecule has 0 aliphatic carbocycles. The minimum Gasteiger partial charge on any atom is -0.307 e. The summed E-state index contributed by atoms with van der Waals surface area (Å²) in [6.07, 6.45) is 5.50. The van der Waals surface area contributed by atoms with Gasteiger partial charge in [-0.1, -0.05) is 33.6 Å². The molecule has 0 bridgehead atoms. The molecule has 0 fully saturated rings. The van der Waals surface area contributed by atoms with E-state index in [2.05, 4.69) is 32.7 Å². The Morgan fingerprint density at radius 2 is 1.83 bits per heavy atom. The Labute approximate surface area is 78.1 Å². The molecule has 0 spiro atoms. The predicted octanol–water partition coefficient (Wildman–Crippen LogP) is 3.15. The number of hydrogen-bond donors (Lipinski definition) is 0. The van der Waals surface area contributed by atoms with Crippen LogP contribution in [0.3, 0.4) is 0 Å². The van der Waals surface area contributed by atoms with Crippen LogP contribution in [0.5, 0.6) is 0 Å². The molecule has 1 nitrogen and oxygen atoms in total. The van der Waals surface area contributed by atoms with E-state index in [9.17, 15) is 0 Å². The lowest BCUT2D eigenvalue weighted by molar-refractivity contribution is 0.326. The monoisotopic (exact) mass is 171 g/mol. The van der Waals surface area contributed by atoms with Crippen LogP contribution < -0.4 is 0 Å². The van der Waals surface area contributed by atoms with Crippen molar-refractivity contribution in [2.24, 2.45) is 5.92 Å². The summed E-state index contributed by atoms with van der Waals surface area (Å²) in [4.78, 5) is 2.39. The molecule has 0 radical (unpaired) electrons. The summed E-state index contributed by atoms with van der Waals surface area (Å²) in [5.41, 5.74) is 0. The summed E-state index contributed by atoms with van der Waals surface area (Å²) >= 11 is 0. The van der Waals surface area contributed by atoms with Crippen LogP contribution in [0.2, 0.25) is 0 Å². The summed E-state index contributed by atoms with van der Waals surface area (Å²) < 4.78 is 0. The lowest BCUT2D eigenvalue weighted by Gasteiger charge is -2.15. The topological polar surface area (TPSA) is 3.24 Å². The van der Waals surface area contributed by atoms with Crippen molar-refractivity contribution in [1.29, 1.82) is 0 Å². The molecule has 0 heterocycles. The molecule has 0 aliphatic rings. The molecule has 0 saturated heterocycles. The molecule has 74 valence electrons. The zero-order valence-corrected chi connectivity index (χ0v) is 9.27. The smallest absolute Gasteiger partial charge is 0.00218 e. The molecule has 1 unspecified atom stereocenters. The molecule has 0 aromatic heterocycles. The molecule has 0 amide bonds. The van der Waals surface area contributed by atoms with Gasteiger partial charge in [0.05, 0.1) is 0 Å². The van der Waals surface area contributed by atoms with Crippen LogP contribution in [0.1, 0.15) is 46.5 Å². The second-order valence-electron chi connectivity index (χ2n) is 3.93. The van der Waals surface area contributed by atoms with Crippen molar-refractivity contribution < 1.29 is 0 Å². The van der Waals surface area contributed by atoms with E-state index >= 15 is 0 Å². The van der Waals surface area contributed by atoms with Crippen LogP contribution >= 0.6 is 0 Å². The van der Waals surface area contributed by atoms with Crippen LogP contribution in [-0.2, 0) is 0 Å². The SMILES string of the molecule is CCCC(C)CCCN(C)CC. The van der Waals surface area contributed by atoms with Crippen molar-refractivity contribution >= 4 is 0 Å². The molecule has 0 aromatic rings. The van der Waals surface area contributed by atoms with E-state index in [-0.39, 0.29) is 0 Å². The fourth-order valence-electron chi connectivity index (χ4n) is 1.50. The van der Waals surface area contributed by atoms with Gasteiger partial charge >= 0.3 is 0 Å². The number of nitrogens with zero attached hydrogens (tertiary/aromatic N) is 1. The molecular weight excluding hydrogens is 146 g/mol. The van der Waals surface area contributed by atoms with Crippen LogP contribution in [0, 0.1) is 5.92 Å². The quantitative estimate of drug-likeness (QED) is 0.569. The van der Waals surface area contributed by atoms with E-state index < -0.39 is 0 Å².